The van der Waals surface area contributed by atoms with Gasteiger partial charge in [-0.1, -0.05) is 156 Å². The zero-order valence-electron chi connectivity index (χ0n) is 36.3. The monoisotopic (exact) mass is 748 g/mol. The average Bonchev–Trinajstić information content (AvgIpc) is 3.16. The van der Waals surface area contributed by atoms with E-state index in [1.807, 2.05) is 0 Å². The second kappa shape index (κ2) is 37.8. The van der Waals surface area contributed by atoms with Crippen LogP contribution in [0.2, 0.25) is 0 Å². The Morgan fingerprint density at radius 1 is 0.642 bits per heavy atom. The minimum Gasteiger partial charge on any atom is -0.495 e. The first-order valence-electron chi connectivity index (χ1n) is 23.9. The number of nitrogens with zero attached hydrogens (tertiary/aromatic N) is 1. The molecule has 0 aromatic heterocycles. The van der Waals surface area contributed by atoms with E-state index in [1.165, 1.54) is 192 Å². The summed E-state index contributed by atoms with van der Waals surface area (Å²) in [5.41, 5.74) is 0. The molecule has 0 aromatic carbocycles. The molecule has 1 saturated heterocycles. The molecule has 2 unspecified atom stereocenters. The average molecular weight is 748 g/mol. The molecule has 1 aliphatic rings. The predicted molar refractivity (Wildman–Crippen MR) is 230 cm³/mol. The Hall–Kier alpha value is -1.07. The van der Waals surface area contributed by atoms with Gasteiger partial charge in [-0.15, -0.1) is 0 Å². The highest BCUT2D eigenvalue weighted by Gasteiger charge is 2.27. The SMILES string of the molecule is C/C=C(\CCCCCC1CCC(CCCCCCC(=O)OCCCCCCCCC)N(CCO)C1)OC(CCCCCCCC)CCCCCCCC. The third kappa shape index (κ3) is 29.8. The number of rotatable bonds is 39. The lowest BCUT2D eigenvalue weighted by atomic mass is 9.86. The van der Waals surface area contributed by atoms with Crippen molar-refractivity contribution in [3.8, 4) is 0 Å². The van der Waals surface area contributed by atoms with Crippen LogP contribution in [0, 0.1) is 5.92 Å². The Morgan fingerprint density at radius 2 is 1.15 bits per heavy atom. The van der Waals surface area contributed by atoms with Crippen molar-refractivity contribution in [2.24, 2.45) is 5.92 Å². The predicted octanol–water partition coefficient (Wildman–Crippen LogP) is 14.4. The summed E-state index contributed by atoms with van der Waals surface area (Å²) in [6, 6.07) is 0.611. The Kier molecular flexibility index (Phi) is 35.7. The van der Waals surface area contributed by atoms with Gasteiger partial charge >= 0.3 is 5.97 Å². The van der Waals surface area contributed by atoms with Crippen LogP contribution < -0.4 is 0 Å². The van der Waals surface area contributed by atoms with Gasteiger partial charge in [0.15, 0.2) is 0 Å². The Labute approximate surface area is 331 Å². The molecule has 0 saturated carbocycles. The number of hydrogen-bond donors (Lipinski definition) is 1. The molecule has 1 N–H and O–H groups in total. The molecule has 5 heteroatoms. The zero-order valence-corrected chi connectivity index (χ0v) is 36.3. The standard InChI is InChI=1S/C48H93NO4/c1-5-9-12-15-18-23-31-42-52-48(51)37-30-22-21-26-33-45-39-38-44(43-49(45)40-41-50)32-25-24-29-34-46(8-4)53-47(35-27-19-16-13-10-6-2)36-28-20-17-14-11-7-3/h8,44-45,47,50H,5-7,9-43H2,1-4H3/b46-8+. The van der Waals surface area contributed by atoms with Gasteiger partial charge in [0, 0.05) is 32.0 Å². The molecule has 0 aliphatic carbocycles. The maximum atomic E-state index is 12.1. The van der Waals surface area contributed by atoms with Crippen molar-refractivity contribution in [3.05, 3.63) is 11.8 Å². The maximum Gasteiger partial charge on any atom is 0.305 e. The quantitative estimate of drug-likeness (QED) is 0.0385. The lowest BCUT2D eigenvalue weighted by molar-refractivity contribution is -0.143. The first-order valence-corrected chi connectivity index (χ1v) is 23.9. The van der Waals surface area contributed by atoms with Crippen LogP contribution >= 0.6 is 0 Å². The number of piperidine rings is 1. The van der Waals surface area contributed by atoms with Crippen molar-refractivity contribution in [1.82, 2.24) is 4.90 Å². The van der Waals surface area contributed by atoms with Crippen LogP contribution in [0.1, 0.15) is 246 Å². The van der Waals surface area contributed by atoms with Crippen LogP contribution in [0.5, 0.6) is 0 Å². The first kappa shape index (κ1) is 49.9. The molecule has 5 nitrogen and oxygen atoms in total. The van der Waals surface area contributed by atoms with Crippen LogP contribution in [0.25, 0.3) is 0 Å². The normalized spacial score (nSPS) is 16.8. The van der Waals surface area contributed by atoms with E-state index in [9.17, 15) is 9.90 Å². The molecule has 0 amide bonds. The van der Waals surface area contributed by atoms with Crippen molar-refractivity contribution in [2.75, 3.05) is 26.3 Å². The summed E-state index contributed by atoms with van der Waals surface area (Å²) in [5.74, 6) is 1.99. The number of aliphatic hydroxyl groups is 1. The second-order valence-electron chi connectivity index (χ2n) is 16.8. The van der Waals surface area contributed by atoms with Crippen LogP contribution in [0.3, 0.4) is 0 Å². The number of aliphatic hydroxyl groups excluding tert-OH is 1. The van der Waals surface area contributed by atoms with Crippen molar-refractivity contribution in [1.29, 1.82) is 0 Å². The summed E-state index contributed by atoms with van der Waals surface area (Å²) >= 11 is 0. The number of hydrogen-bond acceptors (Lipinski definition) is 5. The topological polar surface area (TPSA) is 59.0 Å². The van der Waals surface area contributed by atoms with E-state index in [0.717, 1.165) is 44.7 Å². The number of carbonyl (C=O) groups is 1. The number of β-amino-alcohol motifs (C(OH)–C–C–N with tert-alkyl or cyclic N) is 1. The molecule has 2 atom stereocenters. The fraction of sp³-hybridized carbons (Fsp3) is 0.938. The fourth-order valence-corrected chi connectivity index (χ4v) is 8.43. The molecule has 1 aliphatic heterocycles. The number of unbranched alkanes of at least 4 members (excludes halogenated alkanes) is 21. The van der Waals surface area contributed by atoms with Crippen LogP contribution in [-0.4, -0.2) is 54.4 Å². The van der Waals surface area contributed by atoms with Crippen LogP contribution in [0.15, 0.2) is 11.8 Å². The second-order valence-corrected chi connectivity index (χ2v) is 16.8. The molecule has 1 rings (SSSR count). The Balaban J connectivity index is 2.25. The van der Waals surface area contributed by atoms with E-state index in [-0.39, 0.29) is 12.6 Å². The molecule has 1 fully saturated rings. The summed E-state index contributed by atoms with van der Waals surface area (Å²) in [7, 11) is 0. The van der Waals surface area contributed by atoms with Crippen molar-refractivity contribution in [2.45, 2.75) is 258 Å². The smallest absolute Gasteiger partial charge is 0.305 e. The van der Waals surface area contributed by atoms with E-state index >= 15 is 0 Å². The molecule has 0 spiro atoms. The molecule has 0 bridgehead atoms. The first-order chi connectivity index (χ1) is 26.1. The van der Waals surface area contributed by atoms with Crippen LogP contribution in [-0.2, 0) is 14.3 Å². The Morgan fingerprint density at radius 3 is 1.75 bits per heavy atom. The van der Waals surface area contributed by atoms with Gasteiger partial charge in [-0.3, -0.25) is 9.69 Å². The summed E-state index contributed by atoms with van der Waals surface area (Å²) in [6.45, 7) is 11.8. The number of carbonyl (C=O) groups excluding carboxylic acids is 1. The maximum absolute atomic E-state index is 12.1. The van der Waals surface area contributed by atoms with Gasteiger partial charge in [0.2, 0.25) is 0 Å². The van der Waals surface area contributed by atoms with E-state index in [4.69, 9.17) is 9.47 Å². The molecule has 314 valence electrons. The summed E-state index contributed by atoms with van der Waals surface area (Å²) < 4.78 is 12.2. The summed E-state index contributed by atoms with van der Waals surface area (Å²) in [5, 5.41) is 9.82. The van der Waals surface area contributed by atoms with Gasteiger partial charge in [0.25, 0.3) is 0 Å². The summed E-state index contributed by atoms with van der Waals surface area (Å²) in [6.07, 6.45) is 45.2. The van der Waals surface area contributed by atoms with E-state index in [1.54, 1.807) is 0 Å². The van der Waals surface area contributed by atoms with Gasteiger partial charge in [0.1, 0.15) is 0 Å². The fourth-order valence-electron chi connectivity index (χ4n) is 8.43. The van der Waals surface area contributed by atoms with Crippen molar-refractivity contribution >= 4 is 5.97 Å². The van der Waals surface area contributed by atoms with Gasteiger partial charge in [-0.05, 0) is 89.5 Å². The molecule has 53 heavy (non-hydrogen) atoms. The van der Waals surface area contributed by atoms with Crippen LogP contribution in [0.4, 0.5) is 0 Å². The molecule has 0 aromatic rings. The van der Waals surface area contributed by atoms with Gasteiger partial charge < -0.3 is 14.6 Å². The number of allylic oxidation sites excluding steroid dienone is 2. The number of esters is 1. The van der Waals surface area contributed by atoms with E-state index in [2.05, 4.69) is 38.7 Å². The third-order valence-corrected chi connectivity index (χ3v) is 11.9. The van der Waals surface area contributed by atoms with Gasteiger partial charge in [0.05, 0.1) is 25.1 Å². The number of ether oxygens (including phenoxy) is 2. The highest BCUT2D eigenvalue weighted by atomic mass is 16.5. The van der Waals surface area contributed by atoms with Gasteiger partial charge in [-0.2, -0.15) is 0 Å². The highest BCUT2D eigenvalue weighted by molar-refractivity contribution is 5.69. The van der Waals surface area contributed by atoms with E-state index < -0.39 is 0 Å². The number of likely N-dealkylation sites (tertiary alicyclic amines) is 1. The molecular weight excluding hydrogens is 655 g/mol. The highest BCUT2D eigenvalue weighted by Crippen LogP contribution is 2.29. The lowest BCUT2D eigenvalue weighted by Gasteiger charge is -2.39. The third-order valence-electron chi connectivity index (χ3n) is 11.9. The molecule has 0 radical (unpaired) electrons. The molecular formula is C48H93NO4. The minimum atomic E-state index is -0.00901. The lowest BCUT2D eigenvalue weighted by Crippen LogP contribution is -2.44. The van der Waals surface area contributed by atoms with Gasteiger partial charge in [-0.25, -0.2) is 0 Å². The van der Waals surface area contributed by atoms with E-state index in [0.29, 0.717) is 25.2 Å². The van der Waals surface area contributed by atoms with Crippen molar-refractivity contribution < 1.29 is 19.4 Å². The minimum absolute atomic E-state index is 0.00901. The largest absolute Gasteiger partial charge is 0.495 e. The molecule has 1 heterocycles. The summed E-state index contributed by atoms with van der Waals surface area (Å²) in [4.78, 5) is 14.7. The zero-order chi connectivity index (χ0) is 38.5. The van der Waals surface area contributed by atoms with Crippen molar-refractivity contribution in [3.63, 3.8) is 0 Å². The Bertz CT molecular complexity index is 799.